The predicted molar refractivity (Wildman–Crippen MR) is 84.1 cm³/mol. The molecule has 1 heterocycles. The van der Waals surface area contributed by atoms with Crippen LogP contribution < -0.4 is 9.64 Å². The average Bonchev–Trinajstić information content (AvgIpc) is 3.31. The van der Waals surface area contributed by atoms with Crippen LogP contribution in [-0.4, -0.2) is 24.1 Å². The van der Waals surface area contributed by atoms with Crippen molar-refractivity contribution in [3.8, 4) is 5.75 Å². The first-order valence-electron chi connectivity index (χ1n) is 7.04. The number of benzene rings is 1. The Kier molecular flexibility index (Phi) is 3.97. The molecule has 1 aliphatic rings. The van der Waals surface area contributed by atoms with Crippen LogP contribution in [-0.2, 0) is 6.54 Å². The summed E-state index contributed by atoms with van der Waals surface area (Å²) in [5.41, 5.74) is 1.17. The fraction of sp³-hybridized carbons (Fsp3) is 0.375. The summed E-state index contributed by atoms with van der Waals surface area (Å²) in [6.45, 7) is 0.745. The van der Waals surface area contributed by atoms with Crippen LogP contribution in [0.2, 0.25) is 5.15 Å². The Morgan fingerprint density at radius 1 is 1.29 bits per heavy atom. The van der Waals surface area contributed by atoms with Crippen LogP contribution in [0.15, 0.2) is 30.3 Å². The van der Waals surface area contributed by atoms with Gasteiger partial charge >= 0.3 is 0 Å². The number of halogens is 1. The molecule has 0 saturated heterocycles. The number of hydrogen-bond acceptors (Lipinski definition) is 4. The van der Waals surface area contributed by atoms with Gasteiger partial charge in [0.15, 0.2) is 0 Å². The van der Waals surface area contributed by atoms with Gasteiger partial charge in [0.25, 0.3) is 0 Å². The van der Waals surface area contributed by atoms with E-state index in [9.17, 15) is 0 Å². The lowest BCUT2D eigenvalue weighted by Crippen LogP contribution is -2.18. The highest BCUT2D eigenvalue weighted by Crippen LogP contribution is 2.39. The molecule has 0 radical (unpaired) electrons. The molecule has 0 aliphatic heterocycles. The SMILES string of the molecule is COc1cccc(CN(C)c2cc(Cl)nc(C3CC3)n2)c1. The summed E-state index contributed by atoms with van der Waals surface area (Å²) in [5.74, 6) is 3.09. The molecule has 110 valence electrons. The lowest BCUT2D eigenvalue weighted by atomic mass is 10.2. The Morgan fingerprint density at radius 2 is 2.10 bits per heavy atom. The molecule has 5 heteroatoms. The van der Waals surface area contributed by atoms with Gasteiger partial charge in [0.2, 0.25) is 0 Å². The Labute approximate surface area is 129 Å². The van der Waals surface area contributed by atoms with E-state index in [1.165, 1.54) is 18.4 Å². The molecule has 3 rings (SSSR count). The van der Waals surface area contributed by atoms with Crippen LogP contribution in [0.3, 0.4) is 0 Å². The molecular formula is C16H18ClN3O. The number of anilines is 1. The molecule has 0 spiro atoms. The largest absolute Gasteiger partial charge is 0.497 e. The molecule has 0 bridgehead atoms. The topological polar surface area (TPSA) is 38.2 Å². The maximum Gasteiger partial charge on any atom is 0.135 e. The van der Waals surface area contributed by atoms with E-state index in [2.05, 4.69) is 20.9 Å². The Morgan fingerprint density at radius 3 is 2.81 bits per heavy atom. The number of rotatable bonds is 5. The van der Waals surface area contributed by atoms with E-state index < -0.39 is 0 Å². The molecule has 0 amide bonds. The van der Waals surface area contributed by atoms with Gasteiger partial charge in [-0.25, -0.2) is 9.97 Å². The smallest absolute Gasteiger partial charge is 0.135 e. The maximum absolute atomic E-state index is 6.12. The van der Waals surface area contributed by atoms with Crippen molar-refractivity contribution in [3.05, 3.63) is 46.9 Å². The van der Waals surface area contributed by atoms with Crippen LogP contribution in [0.5, 0.6) is 5.75 Å². The third kappa shape index (κ3) is 3.45. The summed E-state index contributed by atoms with van der Waals surface area (Å²) in [5, 5.41) is 0.513. The fourth-order valence-electron chi connectivity index (χ4n) is 2.27. The van der Waals surface area contributed by atoms with E-state index >= 15 is 0 Å². The van der Waals surface area contributed by atoms with Crippen LogP contribution in [0, 0.1) is 0 Å². The van der Waals surface area contributed by atoms with Crippen molar-refractivity contribution in [2.75, 3.05) is 19.1 Å². The van der Waals surface area contributed by atoms with Gasteiger partial charge in [0.1, 0.15) is 22.5 Å². The molecule has 1 aliphatic carbocycles. The van der Waals surface area contributed by atoms with Gasteiger partial charge in [-0.1, -0.05) is 23.7 Å². The summed E-state index contributed by atoms with van der Waals surface area (Å²) in [4.78, 5) is 11.0. The lowest BCUT2D eigenvalue weighted by molar-refractivity contribution is 0.414. The van der Waals surface area contributed by atoms with Crippen LogP contribution in [0.1, 0.15) is 30.1 Å². The second kappa shape index (κ2) is 5.90. The van der Waals surface area contributed by atoms with Crippen molar-refractivity contribution in [1.82, 2.24) is 9.97 Å². The first kappa shape index (κ1) is 14.1. The van der Waals surface area contributed by atoms with Crippen LogP contribution in [0.25, 0.3) is 0 Å². The van der Waals surface area contributed by atoms with Gasteiger partial charge in [-0.3, -0.25) is 0 Å². The molecule has 21 heavy (non-hydrogen) atoms. The summed E-state index contributed by atoms with van der Waals surface area (Å²) in [6.07, 6.45) is 2.33. The number of aromatic nitrogens is 2. The number of ether oxygens (including phenoxy) is 1. The minimum absolute atomic E-state index is 0.493. The summed E-state index contributed by atoms with van der Waals surface area (Å²) in [6, 6.07) is 9.85. The average molecular weight is 304 g/mol. The molecule has 1 fully saturated rings. The fourth-order valence-corrected chi connectivity index (χ4v) is 2.45. The maximum atomic E-state index is 6.12. The van der Waals surface area contributed by atoms with E-state index in [-0.39, 0.29) is 0 Å². The summed E-state index contributed by atoms with van der Waals surface area (Å²) >= 11 is 6.12. The second-order valence-corrected chi connectivity index (χ2v) is 5.78. The molecule has 1 aromatic carbocycles. The van der Waals surface area contributed by atoms with Crippen molar-refractivity contribution < 1.29 is 4.74 Å². The van der Waals surface area contributed by atoms with Gasteiger partial charge in [0.05, 0.1) is 7.11 Å². The number of methoxy groups -OCH3 is 1. The molecule has 2 aromatic rings. The van der Waals surface area contributed by atoms with Crippen molar-refractivity contribution >= 4 is 17.4 Å². The molecule has 1 saturated carbocycles. The van der Waals surface area contributed by atoms with E-state index in [0.29, 0.717) is 11.1 Å². The van der Waals surface area contributed by atoms with Gasteiger partial charge < -0.3 is 9.64 Å². The highest BCUT2D eigenvalue weighted by molar-refractivity contribution is 6.29. The Balaban J connectivity index is 1.79. The minimum atomic E-state index is 0.493. The zero-order chi connectivity index (χ0) is 14.8. The highest BCUT2D eigenvalue weighted by atomic mass is 35.5. The summed E-state index contributed by atoms with van der Waals surface area (Å²) in [7, 11) is 3.68. The van der Waals surface area contributed by atoms with Crippen molar-refractivity contribution in [3.63, 3.8) is 0 Å². The predicted octanol–water partition coefficient (Wildman–Crippen LogP) is 3.65. The minimum Gasteiger partial charge on any atom is -0.497 e. The van der Waals surface area contributed by atoms with Crippen LogP contribution in [0.4, 0.5) is 5.82 Å². The Hall–Kier alpha value is -1.81. The first-order valence-corrected chi connectivity index (χ1v) is 7.42. The van der Waals surface area contributed by atoms with E-state index in [1.807, 2.05) is 31.3 Å². The molecule has 1 aromatic heterocycles. The van der Waals surface area contributed by atoms with Crippen molar-refractivity contribution in [2.45, 2.75) is 25.3 Å². The monoisotopic (exact) mass is 303 g/mol. The van der Waals surface area contributed by atoms with Crippen molar-refractivity contribution in [1.29, 1.82) is 0 Å². The molecule has 0 N–H and O–H groups in total. The normalized spacial score (nSPS) is 14.0. The third-order valence-electron chi connectivity index (χ3n) is 3.59. The second-order valence-electron chi connectivity index (χ2n) is 5.39. The zero-order valence-corrected chi connectivity index (χ0v) is 13.0. The molecule has 0 atom stereocenters. The lowest BCUT2D eigenvalue weighted by Gasteiger charge is -2.19. The van der Waals surface area contributed by atoms with Crippen molar-refractivity contribution in [2.24, 2.45) is 0 Å². The van der Waals surface area contributed by atoms with E-state index in [4.69, 9.17) is 16.3 Å². The quantitative estimate of drug-likeness (QED) is 0.790. The van der Waals surface area contributed by atoms with E-state index in [1.54, 1.807) is 7.11 Å². The summed E-state index contributed by atoms with van der Waals surface area (Å²) < 4.78 is 5.25. The standard InChI is InChI=1S/C16H18ClN3O/c1-20(10-11-4-3-5-13(8-11)21-2)15-9-14(17)18-16(19-15)12-6-7-12/h3-5,8-9,12H,6-7,10H2,1-2H3. The van der Waals surface area contributed by atoms with E-state index in [0.717, 1.165) is 23.9 Å². The third-order valence-corrected chi connectivity index (χ3v) is 3.78. The molecule has 0 unspecified atom stereocenters. The molecular weight excluding hydrogens is 286 g/mol. The first-order chi connectivity index (χ1) is 10.2. The van der Waals surface area contributed by atoms with Gasteiger partial charge in [-0.05, 0) is 30.5 Å². The van der Waals surface area contributed by atoms with Gasteiger partial charge in [0, 0.05) is 25.6 Å². The number of nitrogens with zero attached hydrogens (tertiary/aromatic N) is 3. The van der Waals surface area contributed by atoms with Crippen LogP contribution >= 0.6 is 11.6 Å². The zero-order valence-electron chi connectivity index (χ0n) is 12.2. The van der Waals surface area contributed by atoms with Gasteiger partial charge in [-0.15, -0.1) is 0 Å². The highest BCUT2D eigenvalue weighted by Gasteiger charge is 2.27. The Bertz CT molecular complexity index is 643. The number of hydrogen-bond donors (Lipinski definition) is 0. The van der Waals surface area contributed by atoms with Gasteiger partial charge in [-0.2, -0.15) is 0 Å². The molecule has 4 nitrogen and oxygen atoms in total.